The van der Waals surface area contributed by atoms with Crippen LogP contribution >= 0.6 is 11.8 Å². The van der Waals surface area contributed by atoms with E-state index < -0.39 is 0 Å². The predicted octanol–water partition coefficient (Wildman–Crippen LogP) is 2.81. The van der Waals surface area contributed by atoms with Gasteiger partial charge in [0.05, 0.1) is 7.11 Å². The lowest BCUT2D eigenvalue weighted by atomic mass is 10.2. The summed E-state index contributed by atoms with van der Waals surface area (Å²) in [4.78, 5) is 1.32. The summed E-state index contributed by atoms with van der Waals surface area (Å²) in [6.45, 7) is 0. The average Bonchev–Trinajstić information content (AvgIpc) is 2.17. The van der Waals surface area contributed by atoms with Crippen molar-refractivity contribution in [3.63, 3.8) is 0 Å². The lowest BCUT2D eigenvalue weighted by Gasteiger charge is -2.12. The monoisotopic (exact) mass is 178 g/mol. The van der Waals surface area contributed by atoms with Gasteiger partial charge in [0.2, 0.25) is 0 Å². The molecule has 1 nitrogen and oxygen atoms in total. The maximum atomic E-state index is 5.25. The second-order valence-electron chi connectivity index (χ2n) is 2.59. The van der Waals surface area contributed by atoms with E-state index in [9.17, 15) is 0 Å². The molecule has 1 aliphatic heterocycles. The fourth-order valence-electron chi connectivity index (χ4n) is 1.30. The normalized spacial score (nSPS) is 14.1. The van der Waals surface area contributed by atoms with Gasteiger partial charge in [-0.05, 0) is 12.1 Å². The zero-order chi connectivity index (χ0) is 8.39. The molecule has 12 heavy (non-hydrogen) atoms. The Morgan fingerprint density at radius 3 is 3.17 bits per heavy atom. The highest BCUT2D eigenvalue weighted by Crippen LogP contribution is 2.34. The van der Waals surface area contributed by atoms with E-state index in [-0.39, 0.29) is 0 Å². The van der Waals surface area contributed by atoms with Crippen molar-refractivity contribution in [1.82, 2.24) is 0 Å². The molecule has 0 fully saturated rings. The molecular weight excluding hydrogens is 168 g/mol. The maximum Gasteiger partial charge on any atom is 0.127 e. The van der Waals surface area contributed by atoms with Gasteiger partial charge in [-0.15, -0.1) is 11.8 Å². The Kier molecular flexibility index (Phi) is 2.09. The van der Waals surface area contributed by atoms with E-state index in [1.54, 1.807) is 7.11 Å². The second kappa shape index (κ2) is 3.23. The van der Waals surface area contributed by atoms with Gasteiger partial charge in [-0.1, -0.05) is 18.2 Å². The number of methoxy groups -OCH3 is 1. The number of ether oxygens (including phenoxy) is 1. The van der Waals surface area contributed by atoms with Crippen LogP contribution in [0.2, 0.25) is 0 Å². The molecule has 1 heterocycles. The number of hydrogen-bond acceptors (Lipinski definition) is 2. The van der Waals surface area contributed by atoms with Crippen molar-refractivity contribution < 1.29 is 4.74 Å². The van der Waals surface area contributed by atoms with Gasteiger partial charge in [-0.25, -0.2) is 0 Å². The maximum absolute atomic E-state index is 5.25. The van der Waals surface area contributed by atoms with Crippen LogP contribution in [0.5, 0.6) is 5.75 Å². The van der Waals surface area contributed by atoms with Crippen LogP contribution in [0.4, 0.5) is 0 Å². The topological polar surface area (TPSA) is 9.23 Å². The zero-order valence-corrected chi connectivity index (χ0v) is 7.73. The first-order chi connectivity index (χ1) is 5.92. The second-order valence-corrected chi connectivity index (χ2v) is 3.65. The summed E-state index contributed by atoms with van der Waals surface area (Å²) < 4.78 is 5.25. The smallest absolute Gasteiger partial charge is 0.127 e. The predicted molar refractivity (Wildman–Crippen MR) is 52.8 cm³/mol. The Bertz CT molecular complexity index is 318. The lowest BCUT2D eigenvalue weighted by molar-refractivity contribution is 0.412. The van der Waals surface area contributed by atoms with Crippen LogP contribution < -0.4 is 4.74 Å². The molecule has 0 N–H and O–H groups in total. The standard InChI is InChI=1S/C10H10OS/c1-11-9-5-2-6-10-8(9)4-3-7-12-10/h2-6H,7H2,1H3. The molecule has 0 radical (unpaired) electrons. The molecule has 1 aromatic rings. The van der Waals surface area contributed by atoms with Crippen molar-refractivity contribution in [2.75, 3.05) is 12.9 Å². The minimum Gasteiger partial charge on any atom is -0.496 e. The van der Waals surface area contributed by atoms with Crippen molar-refractivity contribution in [2.45, 2.75) is 4.90 Å². The van der Waals surface area contributed by atoms with Gasteiger partial charge in [0.15, 0.2) is 0 Å². The molecule has 0 saturated heterocycles. The number of fused-ring (bicyclic) bond motifs is 1. The SMILES string of the molecule is COc1cccc2c1C=CCS2. The number of hydrogen-bond donors (Lipinski definition) is 0. The van der Waals surface area contributed by atoms with Crippen molar-refractivity contribution in [3.05, 3.63) is 29.8 Å². The highest BCUT2D eigenvalue weighted by molar-refractivity contribution is 7.99. The third kappa shape index (κ3) is 1.23. The van der Waals surface area contributed by atoms with Crippen LogP contribution in [0.15, 0.2) is 29.2 Å². The van der Waals surface area contributed by atoms with E-state index in [0.717, 1.165) is 11.5 Å². The lowest BCUT2D eigenvalue weighted by Crippen LogP contribution is -1.92. The molecule has 0 unspecified atom stereocenters. The van der Waals surface area contributed by atoms with Gasteiger partial charge < -0.3 is 4.74 Å². The van der Waals surface area contributed by atoms with E-state index in [1.165, 1.54) is 10.5 Å². The van der Waals surface area contributed by atoms with E-state index >= 15 is 0 Å². The third-order valence-corrected chi connectivity index (χ3v) is 2.89. The van der Waals surface area contributed by atoms with Crippen LogP contribution in [-0.2, 0) is 0 Å². The molecule has 62 valence electrons. The molecule has 1 aliphatic rings. The fourth-order valence-corrected chi connectivity index (χ4v) is 2.17. The van der Waals surface area contributed by atoms with Crippen LogP contribution in [0.1, 0.15) is 5.56 Å². The Morgan fingerprint density at radius 1 is 1.42 bits per heavy atom. The molecule has 1 aromatic carbocycles. The average molecular weight is 178 g/mol. The minimum absolute atomic E-state index is 0.968. The summed E-state index contributed by atoms with van der Waals surface area (Å²) in [6, 6.07) is 6.16. The van der Waals surface area contributed by atoms with Crippen molar-refractivity contribution in [2.24, 2.45) is 0 Å². The molecule has 0 atom stereocenters. The summed E-state index contributed by atoms with van der Waals surface area (Å²) in [6.07, 6.45) is 4.29. The summed E-state index contributed by atoms with van der Waals surface area (Å²) in [7, 11) is 1.71. The number of benzene rings is 1. The fraction of sp³-hybridized carbons (Fsp3) is 0.200. The number of thioether (sulfide) groups is 1. The van der Waals surface area contributed by atoms with Gasteiger partial charge in [0, 0.05) is 16.2 Å². The van der Waals surface area contributed by atoms with Gasteiger partial charge in [-0.2, -0.15) is 0 Å². The van der Waals surface area contributed by atoms with Crippen LogP contribution in [0, 0.1) is 0 Å². The molecule has 0 aromatic heterocycles. The quantitative estimate of drug-likeness (QED) is 0.654. The number of rotatable bonds is 1. The molecule has 2 rings (SSSR count). The van der Waals surface area contributed by atoms with Crippen LogP contribution in [0.25, 0.3) is 6.08 Å². The summed E-state index contributed by atoms with van der Waals surface area (Å²) in [5.41, 5.74) is 1.22. The summed E-state index contributed by atoms with van der Waals surface area (Å²) in [5, 5.41) is 0. The molecular formula is C10H10OS. The highest BCUT2D eigenvalue weighted by Gasteiger charge is 2.08. The van der Waals surface area contributed by atoms with Gasteiger partial charge in [-0.3, -0.25) is 0 Å². The summed E-state index contributed by atoms with van der Waals surface area (Å²) in [5.74, 6) is 2.04. The van der Waals surface area contributed by atoms with Crippen molar-refractivity contribution in [3.8, 4) is 5.75 Å². The first-order valence-corrected chi connectivity index (χ1v) is 4.87. The van der Waals surface area contributed by atoms with Gasteiger partial charge >= 0.3 is 0 Å². The third-order valence-electron chi connectivity index (χ3n) is 1.87. The zero-order valence-electron chi connectivity index (χ0n) is 6.91. The van der Waals surface area contributed by atoms with E-state index in [1.807, 2.05) is 23.9 Å². The first-order valence-electron chi connectivity index (χ1n) is 3.88. The van der Waals surface area contributed by atoms with E-state index in [0.29, 0.717) is 0 Å². The van der Waals surface area contributed by atoms with Crippen LogP contribution in [0.3, 0.4) is 0 Å². The molecule has 0 amide bonds. The minimum atomic E-state index is 0.968. The Morgan fingerprint density at radius 2 is 2.33 bits per heavy atom. The Hall–Kier alpha value is -0.890. The first kappa shape index (κ1) is 7.74. The largest absolute Gasteiger partial charge is 0.496 e. The van der Waals surface area contributed by atoms with Crippen LogP contribution in [-0.4, -0.2) is 12.9 Å². The molecule has 2 heteroatoms. The van der Waals surface area contributed by atoms with Crippen molar-refractivity contribution in [1.29, 1.82) is 0 Å². The van der Waals surface area contributed by atoms with E-state index in [4.69, 9.17) is 4.74 Å². The molecule has 0 saturated carbocycles. The Balaban J connectivity index is 2.54. The van der Waals surface area contributed by atoms with E-state index in [2.05, 4.69) is 18.2 Å². The summed E-state index contributed by atoms with van der Waals surface area (Å²) >= 11 is 1.85. The van der Waals surface area contributed by atoms with Gasteiger partial charge in [0.25, 0.3) is 0 Å². The van der Waals surface area contributed by atoms with Gasteiger partial charge in [0.1, 0.15) is 5.75 Å². The molecule has 0 bridgehead atoms. The molecule has 0 aliphatic carbocycles. The van der Waals surface area contributed by atoms with Crippen molar-refractivity contribution >= 4 is 17.8 Å². The highest BCUT2D eigenvalue weighted by atomic mass is 32.2. The molecule has 0 spiro atoms. The Labute approximate surface area is 76.4 Å².